The van der Waals surface area contributed by atoms with Crippen LogP contribution in [0.2, 0.25) is 0 Å². The first kappa shape index (κ1) is 23.0. The molecule has 2 aromatic carbocycles. The van der Waals surface area contributed by atoms with Crippen LogP contribution in [0.3, 0.4) is 0 Å². The average Bonchev–Trinajstić information content (AvgIpc) is 2.76. The minimum Gasteiger partial charge on any atom is -0.507 e. The zero-order valence-corrected chi connectivity index (χ0v) is 18.4. The topological polar surface area (TPSA) is 108 Å². The second kappa shape index (κ2) is 11.6. The molecule has 8 heteroatoms. The summed E-state index contributed by atoms with van der Waals surface area (Å²) in [5.41, 5.74) is 4.33. The highest BCUT2D eigenvalue weighted by atomic mass is 16.7. The molecule has 2 N–H and O–H groups in total. The highest BCUT2D eigenvalue weighted by molar-refractivity contribution is 5.93. The van der Waals surface area contributed by atoms with Crippen LogP contribution in [0.25, 0.3) is 0 Å². The molecule has 4 bridgehead atoms. The van der Waals surface area contributed by atoms with E-state index in [0.29, 0.717) is 35.3 Å². The van der Waals surface area contributed by atoms with E-state index in [1.165, 1.54) is 12.4 Å². The Bertz CT molecular complexity index is 887. The van der Waals surface area contributed by atoms with Crippen molar-refractivity contribution in [2.45, 2.75) is 26.7 Å². The first-order valence-corrected chi connectivity index (χ1v) is 10.5. The summed E-state index contributed by atoms with van der Waals surface area (Å²) in [6, 6.07) is 7.38. The predicted octanol–water partition coefficient (Wildman–Crippen LogP) is 3.75. The van der Waals surface area contributed by atoms with Gasteiger partial charge in [-0.25, -0.2) is 0 Å². The number of aryl methyl sites for hydroxylation is 2. The Labute approximate surface area is 187 Å². The molecular weight excluding hydrogens is 408 g/mol. The van der Waals surface area contributed by atoms with Crippen molar-refractivity contribution in [2.75, 3.05) is 26.3 Å². The second-order valence-electron chi connectivity index (χ2n) is 7.50. The van der Waals surface area contributed by atoms with E-state index < -0.39 is 0 Å². The number of phenols is 2. The first-order valence-electron chi connectivity index (χ1n) is 10.5. The van der Waals surface area contributed by atoms with Crippen LogP contribution >= 0.6 is 0 Å². The summed E-state index contributed by atoms with van der Waals surface area (Å²) in [6.45, 7) is 5.49. The molecule has 0 radical (unpaired) electrons. The minimum absolute atomic E-state index is 0.107. The third-order valence-electron chi connectivity index (χ3n) is 4.71. The Morgan fingerprint density at radius 3 is 1.41 bits per heavy atom. The average molecular weight is 437 g/mol. The highest BCUT2D eigenvalue weighted by Gasteiger charge is 2.07. The zero-order chi connectivity index (χ0) is 22.8. The molecule has 32 heavy (non-hydrogen) atoms. The zero-order valence-electron chi connectivity index (χ0n) is 18.4. The molecule has 8 nitrogen and oxygen atoms in total. The minimum atomic E-state index is 0.107. The molecule has 1 aliphatic rings. The van der Waals surface area contributed by atoms with Crippen molar-refractivity contribution < 1.29 is 19.9 Å². The number of hydrogen-bond donors (Lipinski definition) is 2. The van der Waals surface area contributed by atoms with Gasteiger partial charge in [-0.3, -0.25) is 9.98 Å². The van der Waals surface area contributed by atoms with Crippen LogP contribution in [-0.4, -0.2) is 61.4 Å². The number of rotatable bonds is 0. The summed E-state index contributed by atoms with van der Waals surface area (Å²) in [7, 11) is 0. The van der Waals surface area contributed by atoms with Crippen LogP contribution in [0, 0.1) is 13.8 Å². The van der Waals surface area contributed by atoms with Gasteiger partial charge in [-0.2, -0.15) is 0 Å². The van der Waals surface area contributed by atoms with Crippen LogP contribution < -0.4 is 0 Å². The number of aliphatic imine (C=N–C) groups is 2. The number of benzene rings is 2. The van der Waals surface area contributed by atoms with Gasteiger partial charge >= 0.3 is 0 Å². The van der Waals surface area contributed by atoms with Gasteiger partial charge < -0.3 is 19.9 Å². The molecule has 1 heterocycles. The number of aromatic hydroxyl groups is 2. The molecule has 3 rings (SSSR count). The quantitative estimate of drug-likeness (QED) is 0.656. The van der Waals surface area contributed by atoms with E-state index in [-0.39, 0.29) is 24.7 Å². The molecule has 0 unspecified atom stereocenters. The van der Waals surface area contributed by atoms with Crippen LogP contribution in [0.4, 0.5) is 0 Å². The molecule has 0 saturated heterocycles. The SMILES string of the molecule is Cc1cc2c(O)c(c1)/C=N/OCCO/N=C/c1cc(C)cc(c1O)C=NCCCCN=C2. The Hall–Kier alpha value is -3.68. The Kier molecular flexibility index (Phi) is 8.36. The number of phenolic OH excluding ortho intramolecular Hbond substituents is 2. The number of oxime groups is 2. The molecule has 2 aromatic rings. The van der Waals surface area contributed by atoms with Crippen molar-refractivity contribution in [1.29, 1.82) is 0 Å². The predicted molar refractivity (Wildman–Crippen MR) is 127 cm³/mol. The largest absolute Gasteiger partial charge is 0.507 e. The van der Waals surface area contributed by atoms with Gasteiger partial charge in [-0.15, -0.1) is 0 Å². The Morgan fingerprint density at radius 2 is 1.00 bits per heavy atom. The van der Waals surface area contributed by atoms with Crippen LogP contribution in [0.15, 0.2) is 44.6 Å². The second-order valence-corrected chi connectivity index (χ2v) is 7.50. The smallest absolute Gasteiger partial charge is 0.153 e. The van der Waals surface area contributed by atoms with E-state index in [9.17, 15) is 10.2 Å². The summed E-state index contributed by atoms with van der Waals surface area (Å²) in [6.07, 6.45) is 7.98. The first-order chi connectivity index (χ1) is 15.5. The molecular formula is C24H28N4O4. The summed E-state index contributed by atoms with van der Waals surface area (Å²) in [4.78, 5) is 19.2. The summed E-state index contributed by atoms with van der Waals surface area (Å²) < 4.78 is 0. The molecule has 0 aromatic heterocycles. The molecule has 0 atom stereocenters. The fraction of sp³-hybridized carbons (Fsp3) is 0.333. The van der Waals surface area contributed by atoms with Crippen LogP contribution in [0.5, 0.6) is 11.5 Å². The van der Waals surface area contributed by atoms with Gasteiger partial charge in [-0.05, 0) is 62.1 Å². The molecule has 0 spiro atoms. The molecule has 0 fully saturated rings. The van der Waals surface area contributed by atoms with Gasteiger partial charge in [0.1, 0.15) is 11.5 Å². The van der Waals surface area contributed by atoms with E-state index in [2.05, 4.69) is 20.3 Å². The summed E-state index contributed by atoms with van der Waals surface area (Å²) in [5, 5.41) is 28.7. The molecule has 0 saturated carbocycles. The van der Waals surface area contributed by atoms with Crippen molar-refractivity contribution in [1.82, 2.24) is 0 Å². The summed E-state index contributed by atoms with van der Waals surface area (Å²) >= 11 is 0. The van der Waals surface area contributed by atoms with Crippen molar-refractivity contribution in [3.05, 3.63) is 57.6 Å². The van der Waals surface area contributed by atoms with Crippen molar-refractivity contribution in [3.8, 4) is 11.5 Å². The van der Waals surface area contributed by atoms with Crippen molar-refractivity contribution in [3.63, 3.8) is 0 Å². The maximum Gasteiger partial charge on any atom is 0.153 e. The van der Waals surface area contributed by atoms with Gasteiger partial charge in [0.25, 0.3) is 0 Å². The standard InChI is InChI=1S/C24H28N4O4/c1-17-9-19-13-25-5-3-4-6-26-14-20-10-18(2)12-22(24(20)30)16-28-32-8-7-31-27-15-21(11-17)23(19)29/h9-16,29-30H,3-8H2,1-2H3/b25-13?,26-14?,27-15+,28-16+. The molecule has 168 valence electrons. The lowest BCUT2D eigenvalue weighted by Gasteiger charge is -2.06. The maximum atomic E-state index is 10.5. The summed E-state index contributed by atoms with van der Waals surface area (Å²) in [5.74, 6) is 0.214. The number of fused-ring (bicyclic) bond motifs is 4. The maximum absolute atomic E-state index is 10.5. The molecule has 0 aliphatic carbocycles. The molecule has 0 amide bonds. The fourth-order valence-electron chi connectivity index (χ4n) is 3.16. The van der Waals surface area contributed by atoms with E-state index in [0.717, 1.165) is 24.0 Å². The van der Waals surface area contributed by atoms with Gasteiger partial charge in [0, 0.05) is 47.8 Å². The lowest BCUT2D eigenvalue weighted by Crippen LogP contribution is -1.99. The van der Waals surface area contributed by atoms with E-state index in [1.54, 1.807) is 12.4 Å². The van der Waals surface area contributed by atoms with Crippen LogP contribution in [0.1, 0.15) is 46.2 Å². The van der Waals surface area contributed by atoms with E-state index in [1.807, 2.05) is 38.1 Å². The Morgan fingerprint density at radius 1 is 0.625 bits per heavy atom. The molecule has 1 aliphatic heterocycles. The normalized spacial score (nSPS) is 17.3. The lowest BCUT2D eigenvalue weighted by molar-refractivity contribution is 0.0553. The van der Waals surface area contributed by atoms with E-state index in [4.69, 9.17) is 9.68 Å². The third-order valence-corrected chi connectivity index (χ3v) is 4.71. The van der Waals surface area contributed by atoms with Gasteiger partial charge in [-0.1, -0.05) is 10.3 Å². The van der Waals surface area contributed by atoms with Crippen molar-refractivity contribution in [2.24, 2.45) is 20.3 Å². The fourth-order valence-corrected chi connectivity index (χ4v) is 3.16. The van der Waals surface area contributed by atoms with Crippen LogP contribution in [-0.2, 0) is 9.68 Å². The third kappa shape index (κ3) is 6.66. The monoisotopic (exact) mass is 436 g/mol. The van der Waals surface area contributed by atoms with Gasteiger partial charge in [0.05, 0.1) is 12.4 Å². The van der Waals surface area contributed by atoms with Gasteiger partial charge in [0.2, 0.25) is 0 Å². The number of nitrogens with zero attached hydrogens (tertiary/aromatic N) is 4. The number of hydrogen-bond acceptors (Lipinski definition) is 8. The highest BCUT2D eigenvalue weighted by Crippen LogP contribution is 2.23. The Balaban J connectivity index is 1.76. The lowest BCUT2D eigenvalue weighted by atomic mass is 10.1. The van der Waals surface area contributed by atoms with Gasteiger partial charge in [0.15, 0.2) is 13.2 Å². The van der Waals surface area contributed by atoms with Crippen molar-refractivity contribution >= 4 is 24.9 Å². The van der Waals surface area contributed by atoms with E-state index >= 15 is 0 Å².